The maximum absolute atomic E-state index is 12.3. The summed E-state index contributed by atoms with van der Waals surface area (Å²) in [6.45, 7) is 0. The Kier molecular flexibility index (Phi) is 5.94. The molecule has 0 aliphatic rings. The molecule has 148 valence electrons. The number of benzene rings is 2. The van der Waals surface area contributed by atoms with Crippen LogP contribution in [0.1, 0.15) is 26.5 Å². The van der Waals surface area contributed by atoms with E-state index in [0.717, 1.165) is 5.56 Å². The number of furan rings is 1. The quantitative estimate of drug-likeness (QED) is 0.469. The average molecular weight is 394 g/mol. The molecule has 0 unspecified atom stereocenters. The first-order valence-corrected chi connectivity index (χ1v) is 8.51. The number of methoxy groups -OCH3 is 2. The number of ether oxygens (including phenoxy) is 2. The third-order valence-corrected chi connectivity index (χ3v) is 4.05. The van der Waals surface area contributed by atoms with Crippen molar-refractivity contribution < 1.29 is 28.6 Å². The van der Waals surface area contributed by atoms with E-state index in [9.17, 15) is 9.59 Å². The van der Waals surface area contributed by atoms with Crippen molar-refractivity contribution in [1.29, 1.82) is 0 Å². The maximum Gasteiger partial charge on any atom is 0.335 e. The highest BCUT2D eigenvalue weighted by Gasteiger charge is 2.13. The van der Waals surface area contributed by atoms with Crippen molar-refractivity contribution in [3.8, 4) is 22.8 Å². The lowest BCUT2D eigenvalue weighted by molar-refractivity contribution is 0.0696. The van der Waals surface area contributed by atoms with Crippen molar-refractivity contribution in [2.75, 3.05) is 14.2 Å². The fourth-order valence-electron chi connectivity index (χ4n) is 2.56. The molecule has 0 saturated heterocycles. The number of nitrogens with one attached hydrogen (secondary N) is 1. The Balaban J connectivity index is 1.67. The summed E-state index contributed by atoms with van der Waals surface area (Å²) in [5, 5.41) is 12.8. The highest BCUT2D eigenvalue weighted by atomic mass is 16.5. The van der Waals surface area contributed by atoms with Gasteiger partial charge in [0.25, 0.3) is 5.91 Å². The molecule has 8 heteroatoms. The summed E-state index contributed by atoms with van der Waals surface area (Å²) in [4.78, 5) is 23.2. The van der Waals surface area contributed by atoms with Gasteiger partial charge in [-0.05, 0) is 36.4 Å². The first kappa shape index (κ1) is 19.7. The van der Waals surface area contributed by atoms with E-state index >= 15 is 0 Å². The van der Waals surface area contributed by atoms with Crippen LogP contribution < -0.4 is 14.9 Å². The van der Waals surface area contributed by atoms with E-state index in [1.165, 1.54) is 32.6 Å². The maximum atomic E-state index is 12.3. The Hall–Kier alpha value is -4.07. The molecule has 2 aromatic carbocycles. The molecule has 0 saturated carbocycles. The summed E-state index contributed by atoms with van der Waals surface area (Å²) >= 11 is 0. The van der Waals surface area contributed by atoms with Crippen LogP contribution in [0.2, 0.25) is 0 Å². The van der Waals surface area contributed by atoms with Crippen molar-refractivity contribution >= 4 is 18.1 Å². The molecule has 0 aliphatic carbocycles. The fourth-order valence-corrected chi connectivity index (χ4v) is 2.56. The number of nitrogens with zero attached hydrogens (tertiary/aromatic N) is 1. The molecule has 0 fully saturated rings. The fraction of sp³-hybridized carbons (Fsp3) is 0.0952. The van der Waals surface area contributed by atoms with Gasteiger partial charge in [0.05, 0.1) is 31.6 Å². The number of hydrogen-bond donors (Lipinski definition) is 2. The zero-order valence-electron chi connectivity index (χ0n) is 15.7. The zero-order chi connectivity index (χ0) is 20.8. The third kappa shape index (κ3) is 4.62. The standard InChI is InChI=1S/C21H18N2O6/c1-27-15-7-9-17(19(11-15)28-2)20(24)23-22-12-16-8-10-18(29-16)13-3-5-14(6-4-13)21(25)26/h3-12H,1-2H3,(H,23,24)(H,25,26). The van der Waals surface area contributed by atoms with Crippen LogP contribution in [0.4, 0.5) is 0 Å². The molecule has 1 aromatic heterocycles. The summed E-state index contributed by atoms with van der Waals surface area (Å²) in [6.07, 6.45) is 1.36. The molecule has 0 aliphatic heterocycles. The van der Waals surface area contributed by atoms with E-state index in [0.29, 0.717) is 28.6 Å². The summed E-state index contributed by atoms with van der Waals surface area (Å²) < 4.78 is 15.9. The van der Waals surface area contributed by atoms with Crippen molar-refractivity contribution in [3.63, 3.8) is 0 Å². The van der Waals surface area contributed by atoms with Crippen molar-refractivity contribution in [2.45, 2.75) is 0 Å². The second-order valence-electron chi connectivity index (χ2n) is 5.85. The molecule has 0 atom stereocenters. The van der Waals surface area contributed by atoms with E-state index in [4.69, 9.17) is 19.0 Å². The van der Waals surface area contributed by atoms with Crippen molar-refractivity contribution in [3.05, 3.63) is 71.5 Å². The van der Waals surface area contributed by atoms with E-state index in [2.05, 4.69) is 10.5 Å². The number of hydrazone groups is 1. The monoisotopic (exact) mass is 394 g/mol. The predicted molar refractivity (Wildman–Crippen MR) is 106 cm³/mol. The number of carboxylic acid groups (broad SMARTS) is 1. The molecule has 2 N–H and O–H groups in total. The van der Waals surface area contributed by atoms with Gasteiger partial charge in [-0.25, -0.2) is 10.2 Å². The molecule has 0 bridgehead atoms. The normalized spacial score (nSPS) is 10.7. The minimum Gasteiger partial charge on any atom is -0.497 e. The number of hydrogen-bond acceptors (Lipinski definition) is 6. The minimum atomic E-state index is -0.993. The molecule has 1 amide bonds. The van der Waals surface area contributed by atoms with Gasteiger partial charge in [-0.1, -0.05) is 12.1 Å². The van der Waals surface area contributed by atoms with Crippen LogP contribution in [0, 0.1) is 0 Å². The number of amides is 1. The largest absolute Gasteiger partial charge is 0.497 e. The van der Waals surface area contributed by atoms with E-state index in [1.807, 2.05) is 0 Å². The lowest BCUT2D eigenvalue weighted by Crippen LogP contribution is -2.18. The lowest BCUT2D eigenvalue weighted by atomic mass is 10.1. The van der Waals surface area contributed by atoms with Crippen LogP contribution >= 0.6 is 0 Å². The number of carboxylic acids is 1. The molecule has 29 heavy (non-hydrogen) atoms. The van der Waals surface area contributed by atoms with Crippen LogP contribution in [-0.4, -0.2) is 37.4 Å². The van der Waals surface area contributed by atoms with Gasteiger partial charge in [-0.15, -0.1) is 0 Å². The zero-order valence-corrected chi connectivity index (χ0v) is 15.7. The van der Waals surface area contributed by atoms with Gasteiger partial charge < -0.3 is 19.0 Å². The van der Waals surface area contributed by atoms with Crippen molar-refractivity contribution in [2.24, 2.45) is 5.10 Å². The molecule has 0 spiro atoms. The Bertz CT molecular complexity index is 1050. The first-order valence-electron chi connectivity index (χ1n) is 8.51. The highest BCUT2D eigenvalue weighted by molar-refractivity contribution is 5.97. The minimum absolute atomic E-state index is 0.193. The highest BCUT2D eigenvalue weighted by Crippen LogP contribution is 2.24. The third-order valence-electron chi connectivity index (χ3n) is 4.05. The van der Waals surface area contributed by atoms with Crippen LogP contribution in [0.3, 0.4) is 0 Å². The van der Waals surface area contributed by atoms with Crippen LogP contribution in [0.15, 0.2) is 64.1 Å². The molecule has 8 nitrogen and oxygen atoms in total. The summed E-state index contributed by atoms with van der Waals surface area (Å²) in [5.41, 5.74) is 3.64. The molecule has 3 rings (SSSR count). The molecule has 3 aromatic rings. The van der Waals surface area contributed by atoms with E-state index in [-0.39, 0.29) is 5.56 Å². The van der Waals surface area contributed by atoms with Gasteiger partial charge in [0.1, 0.15) is 23.0 Å². The second-order valence-corrected chi connectivity index (χ2v) is 5.85. The number of carbonyl (C=O) groups excluding carboxylic acids is 1. The summed E-state index contributed by atoms with van der Waals surface area (Å²) in [5.74, 6) is 0.462. The van der Waals surface area contributed by atoms with Gasteiger partial charge in [-0.3, -0.25) is 4.79 Å². The van der Waals surface area contributed by atoms with Crippen LogP contribution in [0.25, 0.3) is 11.3 Å². The lowest BCUT2D eigenvalue weighted by Gasteiger charge is -2.08. The Morgan fingerprint density at radius 3 is 2.45 bits per heavy atom. The van der Waals surface area contributed by atoms with Crippen molar-refractivity contribution in [1.82, 2.24) is 5.43 Å². The van der Waals surface area contributed by atoms with Gasteiger partial charge in [0.15, 0.2) is 0 Å². The van der Waals surface area contributed by atoms with Gasteiger partial charge in [0.2, 0.25) is 0 Å². The number of aromatic carboxylic acids is 1. The molecule has 1 heterocycles. The Labute approximate surface area is 166 Å². The van der Waals surface area contributed by atoms with Gasteiger partial charge in [0, 0.05) is 11.6 Å². The Morgan fingerprint density at radius 1 is 1.03 bits per heavy atom. The summed E-state index contributed by atoms with van der Waals surface area (Å²) in [6, 6.07) is 14.5. The van der Waals surface area contributed by atoms with E-state index in [1.54, 1.807) is 42.5 Å². The van der Waals surface area contributed by atoms with Crippen LogP contribution in [-0.2, 0) is 0 Å². The number of carbonyl (C=O) groups is 2. The Morgan fingerprint density at radius 2 is 1.79 bits per heavy atom. The average Bonchev–Trinajstić information content (AvgIpc) is 3.22. The molecule has 0 radical (unpaired) electrons. The predicted octanol–water partition coefficient (Wildman–Crippen LogP) is 3.43. The van der Waals surface area contributed by atoms with E-state index < -0.39 is 11.9 Å². The topological polar surface area (TPSA) is 110 Å². The second kappa shape index (κ2) is 8.75. The summed E-state index contributed by atoms with van der Waals surface area (Å²) in [7, 11) is 2.99. The van der Waals surface area contributed by atoms with Crippen LogP contribution in [0.5, 0.6) is 11.5 Å². The van der Waals surface area contributed by atoms with Gasteiger partial charge in [-0.2, -0.15) is 5.10 Å². The van der Waals surface area contributed by atoms with Gasteiger partial charge >= 0.3 is 5.97 Å². The first-order chi connectivity index (χ1) is 14.0. The molecular weight excluding hydrogens is 376 g/mol. The molecular formula is C21H18N2O6. The SMILES string of the molecule is COc1ccc(C(=O)NN=Cc2ccc(-c3ccc(C(=O)O)cc3)o2)c(OC)c1. The smallest absolute Gasteiger partial charge is 0.335 e. The number of rotatable bonds is 7.